The number of aromatic nitrogens is 1. The molecular formula is C21H21FN2OS. The second-order valence-corrected chi connectivity index (χ2v) is 7.06. The second-order valence-electron chi connectivity index (χ2n) is 5.99. The minimum atomic E-state index is -0.260. The van der Waals surface area contributed by atoms with Crippen LogP contribution in [0.1, 0.15) is 34.6 Å². The van der Waals surface area contributed by atoms with E-state index in [1.807, 2.05) is 36.6 Å². The van der Waals surface area contributed by atoms with Crippen LogP contribution in [0.15, 0.2) is 53.5 Å². The molecule has 0 aliphatic carbocycles. The molecule has 0 aliphatic rings. The summed E-state index contributed by atoms with van der Waals surface area (Å²) in [7, 11) is 0. The predicted molar refractivity (Wildman–Crippen MR) is 104 cm³/mol. The molecule has 1 amide bonds. The molecule has 0 spiro atoms. The highest BCUT2D eigenvalue weighted by molar-refractivity contribution is 7.09. The van der Waals surface area contributed by atoms with Gasteiger partial charge in [-0.15, -0.1) is 11.3 Å². The first-order valence-corrected chi connectivity index (χ1v) is 9.49. The fraction of sp³-hybridized carbons (Fsp3) is 0.238. The number of halogens is 1. The van der Waals surface area contributed by atoms with Crippen molar-refractivity contribution in [3.8, 4) is 11.3 Å². The Morgan fingerprint density at radius 3 is 2.42 bits per heavy atom. The van der Waals surface area contributed by atoms with E-state index >= 15 is 0 Å². The normalized spacial score (nSPS) is 11.8. The number of amides is 1. The van der Waals surface area contributed by atoms with Gasteiger partial charge in [0.2, 0.25) is 0 Å². The molecule has 26 heavy (non-hydrogen) atoms. The first kappa shape index (κ1) is 18.3. The maximum absolute atomic E-state index is 13.3. The highest BCUT2D eigenvalue weighted by atomic mass is 32.1. The molecule has 0 bridgehead atoms. The van der Waals surface area contributed by atoms with Gasteiger partial charge in [0, 0.05) is 17.0 Å². The average Bonchev–Trinajstić information content (AvgIpc) is 3.00. The van der Waals surface area contributed by atoms with Crippen molar-refractivity contribution in [1.29, 1.82) is 0 Å². The fourth-order valence-corrected chi connectivity index (χ4v) is 4.11. The third-order valence-electron chi connectivity index (χ3n) is 4.31. The Balaban J connectivity index is 2.15. The minimum Gasteiger partial charge on any atom is -0.316 e. The van der Waals surface area contributed by atoms with E-state index in [2.05, 4.69) is 11.9 Å². The summed E-state index contributed by atoms with van der Waals surface area (Å²) in [6, 6.07) is 13.9. The molecule has 0 atom stereocenters. The Morgan fingerprint density at radius 1 is 1.12 bits per heavy atom. The molecule has 3 rings (SSSR count). The number of rotatable bonds is 4. The van der Waals surface area contributed by atoms with Crippen molar-refractivity contribution in [3.05, 3.63) is 75.2 Å². The third-order valence-corrected chi connectivity index (χ3v) is 5.53. The molecule has 0 radical (unpaired) electrons. The smallest absolute Gasteiger partial charge is 0.279 e. The van der Waals surface area contributed by atoms with E-state index in [1.54, 1.807) is 18.2 Å². The third kappa shape index (κ3) is 3.53. The van der Waals surface area contributed by atoms with Crippen LogP contribution in [0.2, 0.25) is 0 Å². The molecule has 1 heterocycles. The SMILES string of the molecule is CCc1sc(=NC(=O)c2ccccc2C)n(CC)c1-c1ccc(F)cc1. The van der Waals surface area contributed by atoms with Gasteiger partial charge < -0.3 is 4.57 Å². The summed E-state index contributed by atoms with van der Waals surface area (Å²) in [6.45, 7) is 6.69. The summed E-state index contributed by atoms with van der Waals surface area (Å²) in [6.07, 6.45) is 0.825. The van der Waals surface area contributed by atoms with Gasteiger partial charge in [-0.25, -0.2) is 4.39 Å². The zero-order valence-electron chi connectivity index (χ0n) is 15.1. The summed E-state index contributed by atoms with van der Waals surface area (Å²) in [5, 5.41) is 0. The van der Waals surface area contributed by atoms with Crippen LogP contribution in [-0.2, 0) is 13.0 Å². The molecule has 2 aromatic carbocycles. The molecule has 3 aromatic rings. The van der Waals surface area contributed by atoms with Crippen molar-refractivity contribution < 1.29 is 9.18 Å². The molecule has 5 heteroatoms. The van der Waals surface area contributed by atoms with Crippen LogP contribution in [0.5, 0.6) is 0 Å². The van der Waals surface area contributed by atoms with Crippen molar-refractivity contribution in [2.75, 3.05) is 0 Å². The van der Waals surface area contributed by atoms with Gasteiger partial charge in [-0.1, -0.05) is 25.1 Å². The topological polar surface area (TPSA) is 34.4 Å². The molecule has 134 valence electrons. The highest BCUT2D eigenvalue weighted by Gasteiger charge is 2.15. The van der Waals surface area contributed by atoms with Crippen LogP contribution in [0.3, 0.4) is 0 Å². The second kappa shape index (κ2) is 7.79. The van der Waals surface area contributed by atoms with E-state index in [-0.39, 0.29) is 11.7 Å². The van der Waals surface area contributed by atoms with Gasteiger partial charge in [0.05, 0.1) is 5.69 Å². The van der Waals surface area contributed by atoms with Gasteiger partial charge in [-0.05, 0) is 61.7 Å². The van der Waals surface area contributed by atoms with Gasteiger partial charge in [-0.2, -0.15) is 4.99 Å². The molecule has 0 aliphatic heterocycles. The van der Waals surface area contributed by atoms with Crippen LogP contribution < -0.4 is 4.80 Å². The number of carbonyl (C=O) groups is 1. The Bertz CT molecular complexity index is 1000. The Kier molecular flexibility index (Phi) is 5.47. The molecule has 0 unspecified atom stereocenters. The maximum Gasteiger partial charge on any atom is 0.279 e. The zero-order valence-corrected chi connectivity index (χ0v) is 15.9. The van der Waals surface area contributed by atoms with Crippen molar-refractivity contribution in [2.24, 2.45) is 4.99 Å². The molecule has 0 saturated heterocycles. The lowest BCUT2D eigenvalue weighted by atomic mass is 10.1. The lowest BCUT2D eigenvalue weighted by molar-refractivity contribution is 0.0997. The molecule has 1 aromatic heterocycles. The van der Waals surface area contributed by atoms with Crippen molar-refractivity contribution in [3.63, 3.8) is 0 Å². The predicted octanol–water partition coefficient (Wildman–Crippen LogP) is 4.99. The number of aryl methyl sites for hydroxylation is 2. The van der Waals surface area contributed by atoms with E-state index in [4.69, 9.17) is 0 Å². The van der Waals surface area contributed by atoms with E-state index in [0.717, 1.165) is 28.1 Å². The number of thiazole rings is 1. The Hall–Kier alpha value is -2.53. The van der Waals surface area contributed by atoms with Crippen molar-refractivity contribution in [2.45, 2.75) is 33.7 Å². The number of nitrogens with zero attached hydrogens (tertiary/aromatic N) is 2. The zero-order chi connectivity index (χ0) is 18.7. The van der Waals surface area contributed by atoms with Crippen LogP contribution in [0, 0.1) is 12.7 Å². The minimum absolute atomic E-state index is 0.236. The van der Waals surface area contributed by atoms with Crippen LogP contribution in [0.4, 0.5) is 4.39 Å². The van der Waals surface area contributed by atoms with E-state index in [9.17, 15) is 9.18 Å². The number of carbonyl (C=O) groups excluding carboxylic acids is 1. The van der Waals surface area contributed by atoms with E-state index < -0.39 is 0 Å². The fourth-order valence-electron chi connectivity index (χ4n) is 2.96. The summed E-state index contributed by atoms with van der Waals surface area (Å²) in [4.78, 5) is 18.9. The number of hydrogen-bond acceptors (Lipinski definition) is 2. The molecule has 0 N–H and O–H groups in total. The maximum atomic E-state index is 13.3. The largest absolute Gasteiger partial charge is 0.316 e. The first-order valence-electron chi connectivity index (χ1n) is 8.68. The molecule has 0 saturated carbocycles. The highest BCUT2D eigenvalue weighted by Crippen LogP contribution is 2.27. The summed E-state index contributed by atoms with van der Waals surface area (Å²) < 4.78 is 15.3. The molecule has 3 nitrogen and oxygen atoms in total. The van der Waals surface area contributed by atoms with Gasteiger partial charge in [0.1, 0.15) is 5.82 Å². The quantitative estimate of drug-likeness (QED) is 0.639. The Morgan fingerprint density at radius 2 is 1.81 bits per heavy atom. The lowest BCUT2D eigenvalue weighted by Gasteiger charge is -2.08. The van der Waals surface area contributed by atoms with Gasteiger partial charge in [-0.3, -0.25) is 4.79 Å². The average molecular weight is 368 g/mol. The van der Waals surface area contributed by atoms with E-state index in [1.165, 1.54) is 23.5 Å². The van der Waals surface area contributed by atoms with Crippen LogP contribution in [0.25, 0.3) is 11.3 Å². The standard InChI is InChI=1S/C21H21FN2OS/c1-4-18-19(15-10-12-16(22)13-11-15)24(5-2)21(26-18)23-20(25)17-9-7-6-8-14(17)3/h6-13H,4-5H2,1-3H3. The van der Waals surface area contributed by atoms with E-state index in [0.29, 0.717) is 16.9 Å². The molecule has 0 fully saturated rings. The first-order chi connectivity index (χ1) is 12.5. The van der Waals surface area contributed by atoms with Crippen molar-refractivity contribution in [1.82, 2.24) is 4.57 Å². The lowest BCUT2D eigenvalue weighted by Crippen LogP contribution is -2.17. The summed E-state index contributed by atoms with van der Waals surface area (Å²) in [5.41, 5.74) is 3.47. The number of benzene rings is 2. The number of hydrogen-bond donors (Lipinski definition) is 0. The van der Waals surface area contributed by atoms with Crippen molar-refractivity contribution >= 4 is 17.2 Å². The van der Waals surface area contributed by atoms with Gasteiger partial charge in [0.15, 0.2) is 4.80 Å². The van der Waals surface area contributed by atoms with Crippen LogP contribution >= 0.6 is 11.3 Å². The summed E-state index contributed by atoms with van der Waals surface area (Å²) in [5.74, 6) is -0.496. The Labute approximate surface area is 156 Å². The molecular weight excluding hydrogens is 347 g/mol. The summed E-state index contributed by atoms with van der Waals surface area (Å²) >= 11 is 1.52. The van der Waals surface area contributed by atoms with Crippen LogP contribution in [-0.4, -0.2) is 10.5 Å². The van der Waals surface area contributed by atoms with Gasteiger partial charge >= 0.3 is 0 Å². The van der Waals surface area contributed by atoms with Gasteiger partial charge in [0.25, 0.3) is 5.91 Å². The monoisotopic (exact) mass is 368 g/mol.